The van der Waals surface area contributed by atoms with E-state index >= 15 is 0 Å². The SMILES string of the molecule is CCC.Cc1c(-c2cnn(C)c2)nn(-c2ccccc2)c1N.NC=O. The molecule has 7 nitrogen and oxygen atoms in total. The van der Waals surface area contributed by atoms with Crippen molar-refractivity contribution in [2.75, 3.05) is 5.73 Å². The minimum atomic E-state index is 0.250. The van der Waals surface area contributed by atoms with Gasteiger partial charge in [-0.15, -0.1) is 0 Å². The highest BCUT2D eigenvalue weighted by Gasteiger charge is 2.15. The molecule has 4 N–H and O–H groups in total. The van der Waals surface area contributed by atoms with Crippen LogP contribution in [0.4, 0.5) is 5.82 Å². The molecule has 3 rings (SSSR count). The van der Waals surface area contributed by atoms with E-state index in [4.69, 9.17) is 10.5 Å². The zero-order valence-corrected chi connectivity index (χ0v) is 15.2. The first-order chi connectivity index (χ1) is 12.0. The Labute approximate surface area is 148 Å². The Morgan fingerprint density at radius 1 is 1.20 bits per heavy atom. The molecular formula is C18H26N6O. The average Bonchev–Trinajstić information content (AvgIpc) is 3.15. The highest BCUT2D eigenvalue weighted by Crippen LogP contribution is 2.27. The number of nitrogens with two attached hydrogens (primary N) is 2. The van der Waals surface area contributed by atoms with Crippen molar-refractivity contribution in [3.63, 3.8) is 0 Å². The summed E-state index contributed by atoms with van der Waals surface area (Å²) in [7, 11) is 1.89. The topological polar surface area (TPSA) is 105 Å². The third-order valence-corrected chi connectivity index (χ3v) is 3.15. The number of nitrogens with zero attached hydrogens (tertiary/aromatic N) is 4. The Balaban J connectivity index is 0.000000460. The number of rotatable bonds is 2. The number of aromatic nitrogens is 4. The van der Waals surface area contributed by atoms with Gasteiger partial charge in [-0.25, -0.2) is 4.68 Å². The minimum absolute atomic E-state index is 0.250. The van der Waals surface area contributed by atoms with Crippen molar-refractivity contribution in [3.05, 3.63) is 48.3 Å². The molecule has 134 valence electrons. The van der Waals surface area contributed by atoms with Crippen molar-refractivity contribution in [3.8, 4) is 16.9 Å². The highest BCUT2D eigenvalue weighted by molar-refractivity contribution is 5.68. The van der Waals surface area contributed by atoms with E-state index in [-0.39, 0.29) is 6.41 Å². The molecule has 0 saturated heterocycles. The summed E-state index contributed by atoms with van der Waals surface area (Å²) in [5.74, 6) is 0.657. The summed E-state index contributed by atoms with van der Waals surface area (Å²) in [4.78, 5) is 8.58. The molecule has 3 aromatic rings. The zero-order valence-electron chi connectivity index (χ0n) is 15.2. The third-order valence-electron chi connectivity index (χ3n) is 3.15. The summed E-state index contributed by atoms with van der Waals surface area (Å²) >= 11 is 0. The number of para-hydroxylation sites is 1. The van der Waals surface area contributed by atoms with Crippen molar-refractivity contribution in [2.24, 2.45) is 12.8 Å². The Bertz CT molecular complexity index is 776. The van der Waals surface area contributed by atoms with E-state index in [0.29, 0.717) is 5.82 Å². The molecule has 0 fully saturated rings. The number of hydrogen-bond acceptors (Lipinski definition) is 4. The first kappa shape index (κ1) is 20.0. The number of benzene rings is 1. The molecule has 0 aliphatic heterocycles. The second-order valence-electron chi connectivity index (χ2n) is 5.35. The standard InChI is InChI=1S/C14H15N5.C3H8.CH3NO/c1-10-13(11-8-16-18(2)9-11)17-19(14(10)15)12-6-4-3-5-7-12;1-3-2;2-1-3/h3-9H,15H2,1-2H3;3H2,1-2H3;1H,(H2,2,3). The van der Waals surface area contributed by atoms with Crippen LogP contribution in [0.5, 0.6) is 0 Å². The molecular weight excluding hydrogens is 316 g/mol. The number of nitrogen functional groups attached to an aromatic ring is 1. The first-order valence-corrected chi connectivity index (χ1v) is 8.04. The number of anilines is 1. The number of carbonyl (C=O) groups excluding carboxylic acids is 1. The van der Waals surface area contributed by atoms with Gasteiger partial charge in [0.25, 0.3) is 0 Å². The van der Waals surface area contributed by atoms with Crippen molar-refractivity contribution in [1.82, 2.24) is 19.6 Å². The molecule has 0 bridgehead atoms. The summed E-state index contributed by atoms with van der Waals surface area (Å²) in [5.41, 5.74) is 14.1. The second kappa shape index (κ2) is 9.92. The van der Waals surface area contributed by atoms with Crippen LogP contribution in [0.1, 0.15) is 25.8 Å². The van der Waals surface area contributed by atoms with Gasteiger partial charge in [0.1, 0.15) is 11.5 Å². The monoisotopic (exact) mass is 342 g/mol. The summed E-state index contributed by atoms with van der Waals surface area (Å²) in [5, 5.41) is 8.77. The molecule has 25 heavy (non-hydrogen) atoms. The molecule has 0 spiro atoms. The van der Waals surface area contributed by atoms with Crippen molar-refractivity contribution < 1.29 is 4.79 Å². The maximum Gasteiger partial charge on any atom is 0.204 e. The van der Waals surface area contributed by atoms with E-state index in [1.165, 1.54) is 6.42 Å². The van der Waals surface area contributed by atoms with Gasteiger partial charge < -0.3 is 11.5 Å². The van der Waals surface area contributed by atoms with Crippen molar-refractivity contribution in [2.45, 2.75) is 27.2 Å². The molecule has 1 aromatic carbocycles. The Hall–Kier alpha value is -3.09. The van der Waals surface area contributed by atoms with Gasteiger partial charge in [-0.2, -0.15) is 10.2 Å². The molecule has 0 saturated carbocycles. The number of hydrogen-bond donors (Lipinski definition) is 2. The number of carbonyl (C=O) groups is 1. The van der Waals surface area contributed by atoms with Crippen LogP contribution in [-0.4, -0.2) is 26.0 Å². The summed E-state index contributed by atoms with van der Waals surface area (Å²) in [6, 6.07) is 9.87. The average molecular weight is 342 g/mol. The van der Waals surface area contributed by atoms with E-state index in [0.717, 1.165) is 22.5 Å². The summed E-state index contributed by atoms with van der Waals surface area (Å²) in [6.45, 7) is 6.23. The van der Waals surface area contributed by atoms with Gasteiger partial charge in [0.05, 0.1) is 11.9 Å². The van der Waals surface area contributed by atoms with Crippen LogP contribution in [0.25, 0.3) is 16.9 Å². The summed E-state index contributed by atoms with van der Waals surface area (Å²) < 4.78 is 3.52. The van der Waals surface area contributed by atoms with Crippen LogP contribution in [0.2, 0.25) is 0 Å². The molecule has 0 aliphatic rings. The predicted octanol–water partition coefficient (Wildman–Crippen LogP) is 2.68. The smallest absolute Gasteiger partial charge is 0.204 e. The fraction of sp³-hybridized carbons (Fsp3) is 0.278. The molecule has 7 heteroatoms. The van der Waals surface area contributed by atoms with Crippen LogP contribution < -0.4 is 11.5 Å². The summed E-state index contributed by atoms with van der Waals surface area (Å²) in [6.07, 6.45) is 5.23. The van der Waals surface area contributed by atoms with Gasteiger partial charge in [-0.1, -0.05) is 38.5 Å². The number of primary amides is 1. The maximum absolute atomic E-state index is 8.58. The molecule has 0 atom stereocenters. The van der Waals surface area contributed by atoms with Crippen molar-refractivity contribution >= 4 is 12.2 Å². The third kappa shape index (κ3) is 5.20. The lowest BCUT2D eigenvalue weighted by molar-refractivity contribution is -0.106. The van der Waals surface area contributed by atoms with E-state index < -0.39 is 0 Å². The molecule has 2 aromatic heterocycles. The maximum atomic E-state index is 8.58. The first-order valence-electron chi connectivity index (χ1n) is 8.04. The van der Waals surface area contributed by atoms with E-state index in [9.17, 15) is 0 Å². The Morgan fingerprint density at radius 3 is 2.24 bits per heavy atom. The van der Waals surface area contributed by atoms with Gasteiger partial charge in [-0.05, 0) is 19.1 Å². The lowest BCUT2D eigenvalue weighted by Crippen LogP contribution is -2.01. The zero-order chi connectivity index (χ0) is 18.8. The van der Waals surface area contributed by atoms with Crippen LogP contribution >= 0.6 is 0 Å². The quantitative estimate of drug-likeness (QED) is 0.698. The lowest BCUT2D eigenvalue weighted by atomic mass is 10.2. The van der Waals surface area contributed by atoms with E-state index in [2.05, 4.69) is 29.8 Å². The molecule has 0 radical (unpaired) electrons. The van der Waals surface area contributed by atoms with Gasteiger partial charge in [0, 0.05) is 24.4 Å². The lowest BCUT2D eigenvalue weighted by Gasteiger charge is -2.02. The van der Waals surface area contributed by atoms with Crippen LogP contribution in [0, 0.1) is 6.92 Å². The van der Waals surface area contributed by atoms with Crippen LogP contribution in [-0.2, 0) is 11.8 Å². The fourth-order valence-corrected chi connectivity index (χ4v) is 2.09. The molecule has 0 aliphatic carbocycles. The predicted molar refractivity (Wildman–Crippen MR) is 101 cm³/mol. The highest BCUT2D eigenvalue weighted by atomic mass is 16.1. The van der Waals surface area contributed by atoms with Crippen LogP contribution in [0.3, 0.4) is 0 Å². The second-order valence-corrected chi connectivity index (χ2v) is 5.35. The minimum Gasteiger partial charge on any atom is -0.383 e. The molecule has 2 heterocycles. The Kier molecular flexibility index (Phi) is 7.92. The van der Waals surface area contributed by atoms with Gasteiger partial charge in [0.15, 0.2) is 0 Å². The number of amides is 1. The normalized spacial score (nSPS) is 9.44. The van der Waals surface area contributed by atoms with E-state index in [1.54, 1.807) is 15.6 Å². The van der Waals surface area contributed by atoms with E-state index in [1.807, 2.05) is 50.5 Å². The largest absolute Gasteiger partial charge is 0.383 e. The van der Waals surface area contributed by atoms with Gasteiger partial charge >= 0.3 is 0 Å². The van der Waals surface area contributed by atoms with Gasteiger partial charge in [-0.3, -0.25) is 9.48 Å². The molecule has 0 unspecified atom stereocenters. The Morgan fingerprint density at radius 2 is 1.76 bits per heavy atom. The molecule has 1 amide bonds. The fourth-order valence-electron chi connectivity index (χ4n) is 2.09. The number of aryl methyl sites for hydroxylation is 1. The van der Waals surface area contributed by atoms with Crippen LogP contribution in [0.15, 0.2) is 42.7 Å². The van der Waals surface area contributed by atoms with Gasteiger partial charge in [0.2, 0.25) is 6.41 Å². The van der Waals surface area contributed by atoms with Crippen molar-refractivity contribution in [1.29, 1.82) is 0 Å².